The number of allylic oxidation sites excluding steroid dienone is 1. The lowest BCUT2D eigenvalue weighted by Crippen LogP contribution is -2.41. The van der Waals surface area contributed by atoms with Crippen molar-refractivity contribution in [3.63, 3.8) is 0 Å². The fourth-order valence-electron chi connectivity index (χ4n) is 4.71. The van der Waals surface area contributed by atoms with Crippen LogP contribution in [-0.4, -0.2) is 29.4 Å². The summed E-state index contributed by atoms with van der Waals surface area (Å²) in [6, 6.07) is 15.7. The van der Waals surface area contributed by atoms with E-state index in [-0.39, 0.29) is 27.6 Å². The Hall–Kier alpha value is -3.89. The van der Waals surface area contributed by atoms with Crippen molar-refractivity contribution in [1.82, 2.24) is 4.57 Å². The molecule has 212 valence electrons. The van der Waals surface area contributed by atoms with Gasteiger partial charge in [0.1, 0.15) is 5.75 Å². The first-order valence-electron chi connectivity index (χ1n) is 12.7. The van der Waals surface area contributed by atoms with E-state index < -0.39 is 35.0 Å². The molecule has 2 heterocycles. The van der Waals surface area contributed by atoms with Crippen molar-refractivity contribution in [1.29, 1.82) is 0 Å². The topological polar surface area (TPSA) is 69.9 Å². The third-order valence-electron chi connectivity index (χ3n) is 6.35. The van der Waals surface area contributed by atoms with E-state index in [0.29, 0.717) is 16.3 Å². The zero-order valence-electron chi connectivity index (χ0n) is 22.2. The fraction of sp³-hybridized carbons (Fsp3) is 0.233. The molecule has 11 heteroatoms. The number of benzene rings is 3. The maximum atomic E-state index is 14.4. The van der Waals surface area contributed by atoms with Crippen molar-refractivity contribution >= 4 is 45.8 Å². The minimum atomic E-state index is -4.99. The van der Waals surface area contributed by atoms with Crippen LogP contribution in [0.1, 0.15) is 37.9 Å². The van der Waals surface area contributed by atoms with Gasteiger partial charge >= 0.3 is 12.1 Å². The molecule has 0 radical (unpaired) electrons. The lowest BCUT2D eigenvalue weighted by Gasteiger charge is -2.26. The molecule has 0 saturated heterocycles. The summed E-state index contributed by atoms with van der Waals surface area (Å²) in [7, 11) is 0. The van der Waals surface area contributed by atoms with E-state index >= 15 is 0 Å². The van der Waals surface area contributed by atoms with Crippen molar-refractivity contribution in [2.45, 2.75) is 39.1 Å². The molecule has 0 bridgehead atoms. The molecule has 0 unspecified atom stereocenters. The molecule has 0 N–H and O–H groups in total. The van der Waals surface area contributed by atoms with Crippen molar-refractivity contribution in [3.05, 3.63) is 108 Å². The Labute approximate surface area is 241 Å². The number of ether oxygens (including phenoxy) is 2. The SMILES string of the molecule is CCOC(=O)C1=C(C(F)(F)F)N=c2s/c(=C\c3c(OC(C)C)ccc4ccccc34)c(=O)n2[C@H]1c1ccc(Cl)cc1. The molecule has 41 heavy (non-hydrogen) atoms. The highest BCUT2D eigenvalue weighted by Crippen LogP contribution is 2.38. The van der Waals surface area contributed by atoms with Gasteiger partial charge in [-0.2, -0.15) is 13.2 Å². The van der Waals surface area contributed by atoms with Gasteiger partial charge in [-0.05, 0) is 61.4 Å². The molecule has 0 aliphatic carbocycles. The summed E-state index contributed by atoms with van der Waals surface area (Å²) in [5.41, 5.74) is -1.94. The second-order valence-electron chi connectivity index (χ2n) is 9.48. The first-order chi connectivity index (χ1) is 19.5. The summed E-state index contributed by atoms with van der Waals surface area (Å²) in [6.07, 6.45) is -3.56. The first kappa shape index (κ1) is 28.6. The molecule has 1 atom stereocenters. The molecule has 0 spiro atoms. The maximum absolute atomic E-state index is 14.4. The number of hydrogen-bond donors (Lipinski definition) is 0. The van der Waals surface area contributed by atoms with Crippen LogP contribution in [-0.2, 0) is 9.53 Å². The van der Waals surface area contributed by atoms with E-state index in [9.17, 15) is 22.8 Å². The Balaban J connectivity index is 1.84. The predicted octanol–water partition coefficient (Wildman–Crippen LogP) is 5.93. The Bertz CT molecular complexity index is 1860. The molecule has 3 aromatic carbocycles. The van der Waals surface area contributed by atoms with Crippen LogP contribution in [0.4, 0.5) is 13.2 Å². The molecule has 1 aliphatic rings. The average Bonchev–Trinajstić information content (AvgIpc) is 3.23. The van der Waals surface area contributed by atoms with Gasteiger partial charge in [-0.3, -0.25) is 9.36 Å². The third kappa shape index (κ3) is 5.54. The molecule has 0 amide bonds. The monoisotopic (exact) mass is 600 g/mol. The molecule has 0 saturated carbocycles. The minimum Gasteiger partial charge on any atom is -0.490 e. The zero-order valence-corrected chi connectivity index (χ0v) is 23.7. The van der Waals surface area contributed by atoms with Crippen LogP contribution < -0.4 is 19.6 Å². The lowest BCUT2D eigenvalue weighted by molar-refractivity contribution is -0.140. The maximum Gasteiger partial charge on any atom is 0.434 e. The van der Waals surface area contributed by atoms with E-state index in [1.807, 2.05) is 44.2 Å². The summed E-state index contributed by atoms with van der Waals surface area (Å²) in [6.45, 7) is 5.06. The van der Waals surface area contributed by atoms with Crippen LogP contribution in [0.3, 0.4) is 0 Å². The van der Waals surface area contributed by atoms with E-state index in [2.05, 4.69) is 4.99 Å². The Morgan fingerprint density at radius 1 is 1.12 bits per heavy atom. The molecular weight excluding hydrogens is 577 g/mol. The molecule has 6 nitrogen and oxygen atoms in total. The molecule has 1 aliphatic heterocycles. The molecule has 4 aromatic rings. The van der Waals surface area contributed by atoms with Crippen LogP contribution in [0.5, 0.6) is 5.75 Å². The van der Waals surface area contributed by atoms with E-state index in [4.69, 9.17) is 21.1 Å². The van der Waals surface area contributed by atoms with Crippen LogP contribution in [0.2, 0.25) is 5.02 Å². The second kappa shape index (κ2) is 11.2. The highest BCUT2D eigenvalue weighted by molar-refractivity contribution is 7.07. The van der Waals surface area contributed by atoms with Gasteiger partial charge in [0.15, 0.2) is 10.5 Å². The normalized spacial score (nSPS) is 15.7. The lowest BCUT2D eigenvalue weighted by atomic mass is 9.95. The average molecular weight is 601 g/mol. The predicted molar refractivity (Wildman–Crippen MR) is 152 cm³/mol. The largest absolute Gasteiger partial charge is 0.490 e. The van der Waals surface area contributed by atoms with Gasteiger partial charge in [-0.25, -0.2) is 9.79 Å². The van der Waals surface area contributed by atoms with Crippen molar-refractivity contribution in [3.8, 4) is 5.75 Å². The Kier molecular flexibility index (Phi) is 7.80. The van der Waals surface area contributed by atoms with Crippen LogP contribution in [0, 0.1) is 0 Å². The van der Waals surface area contributed by atoms with Crippen LogP contribution in [0.15, 0.2) is 81.7 Å². The van der Waals surface area contributed by atoms with E-state index in [1.165, 1.54) is 31.2 Å². The van der Waals surface area contributed by atoms with Crippen molar-refractivity contribution < 1.29 is 27.4 Å². The highest BCUT2D eigenvalue weighted by Gasteiger charge is 2.45. The van der Waals surface area contributed by atoms with E-state index in [1.54, 1.807) is 12.1 Å². The minimum absolute atomic E-state index is 0.124. The summed E-state index contributed by atoms with van der Waals surface area (Å²) in [4.78, 5) is 30.6. The number of esters is 1. The zero-order chi connectivity index (χ0) is 29.5. The molecule has 5 rings (SSSR count). The molecule has 0 fully saturated rings. The number of aromatic nitrogens is 1. The van der Waals surface area contributed by atoms with Gasteiger partial charge in [0.05, 0.1) is 28.9 Å². The standard InChI is InChI=1S/C30H24ClF3N2O4S/c1-4-39-28(38)24-25(18-9-12-19(31)13-10-18)36-27(37)23(41-29(36)35-26(24)30(32,33)34)15-21-20-8-6-5-7-17(20)11-14-22(21)40-16(2)3/h5-16,25H,4H2,1-3H3/b23-15-/t25-/m0/s1. The smallest absolute Gasteiger partial charge is 0.434 e. The summed E-state index contributed by atoms with van der Waals surface area (Å²) in [5.74, 6) is -0.693. The van der Waals surface area contributed by atoms with Gasteiger partial charge in [0.2, 0.25) is 0 Å². The van der Waals surface area contributed by atoms with Gasteiger partial charge < -0.3 is 9.47 Å². The number of carbonyl (C=O) groups is 1. The molecular formula is C30H24ClF3N2O4S. The Morgan fingerprint density at radius 2 is 1.83 bits per heavy atom. The summed E-state index contributed by atoms with van der Waals surface area (Å²) in [5, 5.41) is 2.03. The van der Waals surface area contributed by atoms with Gasteiger partial charge in [-0.15, -0.1) is 0 Å². The number of rotatable bonds is 6. The number of nitrogens with zero attached hydrogens (tertiary/aromatic N) is 2. The number of fused-ring (bicyclic) bond motifs is 2. The number of halogens is 4. The summed E-state index contributed by atoms with van der Waals surface area (Å²) < 4.78 is 55.3. The highest BCUT2D eigenvalue weighted by atomic mass is 35.5. The van der Waals surface area contributed by atoms with Gasteiger partial charge in [0.25, 0.3) is 5.56 Å². The molecule has 1 aromatic heterocycles. The number of hydrogen-bond acceptors (Lipinski definition) is 6. The van der Waals surface area contributed by atoms with Crippen LogP contribution >= 0.6 is 22.9 Å². The van der Waals surface area contributed by atoms with E-state index in [0.717, 1.165) is 26.7 Å². The Morgan fingerprint density at radius 3 is 2.49 bits per heavy atom. The van der Waals surface area contributed by atoms with Gasteiger partial charge in [0, 0.05) is 10.6 Å². The fourth-order valence-corrected chi connectivity index (χ4v) is 5.82. The summed E-state index contributed by atoms with van der Waals surface area (Å²) >= 11 is 6.84. The number of thiazole rings is 1. The first-order valence-corrected chi connectivity index (χ1v) is 13.9. The number of alkyl halides is 3. The van der Waals surface area contributed by atoms with Crippen molar-refractivity contribution in [2.75, 3.05) is 6.61 Å². The number of carbonyl (C=O) groups excluding carboxylic acids is 1. The second-order valence-corrected chi connectivity index (χ2v) is 10.9. The third-order valence-corrected chi connectivity index (χ3v) is 7.58. The van der Waals surface area contributed by atoms with Crippen LogP contribution in [0.25, 0.3) is 16.8 Å². The quantitative estimate of drug-likeness (QED) is 0.257. The van der Waals surface area contributed by atoms with Gasteiger partial charge in [-0.1, -0.05) is 65.4 Å². The van der Waals surface area contributed by atoms with Crippen molar-refractivity contribution in [2.24, 2.45) is 4.99 Å².